The van der Waals surface area contributed by atoms with Gasteiger partial charge >= 0.3 is 0 Å². The van der Waals surface area contributed by atoms with Crippen LogP contribution in [0.25, 0.3) is 0 Å². The van der Waals surface area contributed by atoms with Crippen LogP contribution in [0, 0.1) is 11.3 Å². The number of nitrogens with zero attached hydrogens (tertiary/aromatic N) is 5. The highest BCUT2D eigenvalue weighted by atomic mass is 16.2. The highest BCUT2D eigenvalue weighted by Crippen LogP contribution is 2.28. The number of piperidine rings is 1. The lowest BCUT2D eigenvalue weighted by molar-refractivity contribution is -0.149. The summed E-state index contributed by atoms with van der Waals surface area (Å²) in [7, 11) is 0. The Bertz CT molecular complexity index is 785. The largest absolute Gasteiger partial charge is 0.354 e. The van der Waals surface area contributed by atoms with Crippen LogP contribution >= 0.6 is 0 Å². The molecule has 176 valence electrons. The molecular weight excluding hydrogens is 402 g/mol. The van der Waals surface area contributed by atoms with Gasteiger partial charge in [0, 0.05) is 64.0 Å². The third-order valence-electron chi connectivity index (χ3n) is 7.13. The summed E-state index contributed by atoms with van der Waals surface area (Å²) in [6.07, 6.45) is 5.83. The summed E-state index contributed by atoms with van der Waals surface area (Å²) >= 11 is 0. The van der Waals surface area contributed by atoms with Crippen LogP contribution in [-0.2, 0) is 9.59 Å². The Morgan fingerprint density at radius 3 is 2.44 bits per heavy atom. The zero-order valence-corrected chi connectivity index (χ0v) is 20.0. The number of hydrogen-bond acceptors (Lipinski definition) is 5. The van der Waals surface area contributed by atoms with Crippen LogP contribution in [0.1, 0.15) is 46.5 Å². The molecule has 3 saturated heterocycles. The van der Waals surface area contributed by atoms with E-state index in [9.17, 15) is 9.59 Å². The van der Waals surface area contributed by atoms with Gasteiger partial charge in [0.25, 0.3) is 0 Å². The van der Waals surface area contributed by atoms with Gasteiger partial charge in [-0.05, 0) is 43.7 Å². The average molecular weight is 442 g/mol. The minimum atomic E-state index is -0.440. The third kappa shape index (κ3) is 5.25. The molecule has 2 unspecified atom stereocenters. The number of anilines is 1. The van der Waals surface area contributed by atoms with Crippen molar-refractivity contribution in [2.75, 3.05) is 57.3 Å². The van der Waals surface area contributed by atoms with Gasteiger partial charge < -0.3 is 14.7 Å². The van der Waals surface area contributed by atoms with Gasteiger partial charge in [-0.2, -0.15) is 0 Å². The maximum absolute atomic E-state index is 13.4. The first kappa shape index (κ1) is 23.0. The molecule has 0 N–H and O–H groups in total. The van der Waals surface area contributed by atoms with Gasteiger partial charge in [0.05, 0.1) is 0 Å². The van der Waals surface area contributed by atoms with E-state index < -0.39 is 5.41 Å². The molecule has 2 atom stereocenters. The van der Waals surface area contributed by atoms with Gasteiger partial charge in [0.2, 0.25) is 11.8 Å². The summed E-state index contributed by atoms with van der Waals surface area (Å²) in [5.41, 5.74) is -0.440. The Hall–Kier alpha value is -2.15. The molecule has 4 rings (SSSR count). The van der Waals surface area contributed by atoms with Gasteiger partial charge in [-0.15, -0.1) is 0 Å². The molecule has 4 heterocycles. The lowest BCUT2D eigenvalue weighted by Gasteiger charge is -2.41. The Labute approximate surface area is 192 Å². The second-order valence-electron chi connectivity index (χ2n) is 10.7. The fraction of sp³-hybridized carbons (Fsp3) is 0.720. The monoisotopic (exact) mass is 441 g/mol. The molecule has 0 aliphatic carbocycles. The van der Waals surface area contributed by atoms with Crippen LogP contribution in [-0.4, -0.2) is 89.9 Å². The van der Waals surface area contributed by atoms with E-state index in [0.29, 0.717) is 12.5 Å². The molecule has 0 radical (unpaired) electrons. The molecule has 3 fully saturated rings. The second kappa shape index (κ2) is 9.77. The third-order valence-corrected chi connectivity index (χ3v) is 7.13. The van der Waals surface area contributed by atoms with Crippen molar-refractivity contribution in [2.24, 2.45) is 11.3 Å². The summed E-state index contributed by atoms with van der Waals surface area (Å²) < 4.78 is 0. The Balaban J connectivity index is 1.29. The molecule has 7 heteroatoms. The molecule has 1 aromatic rings. The first-order valence-corrected chi connectivity index (χ1v) is 12.3. The Morgan fingerprint density at radius 2 is 1.75 bits per heavy atom. The molecule has 32 heavy (non-hydrogen) atoms. The first-order chi connectivity index (χ1) is 15.3. The van der Waals surface area contributed by atoms with Crippen molar-refractivity contribution in [2.45, 2.75) is 52.5 Å². The number of hydrogen-bond donors (Lipinski definition) is 0. The Morgan fingerprint density at radius 1 is 1.00 bits per heavy atom. The maximum atomic E-state index is 13.4. The van der Waals surface area contributed by atoms with Crippen molar-refractivity contribution < 1.29 is 9.59 Å². The van der Waals surface area contributed by atoms with Crippen molar-refractivity contribution in [3.05, 3.63) is 24.4 Å². The molecule has 1 aromatic heterocycles. The molecule has 7 nitrogen and oxygen atoms in total. The first-order valence-electron chi connectivity index (χ1n) is 12.3. The lowest BCUT2D eigenvalue weighted by Crippen LogP contribution is -2.54. The highest BCUT2D eigenvalue weighted by molar-refractivity contribution is 5.90. The van der Waals surface area contributed by atoms with Gasteiger partial charge in [-0.1, -0.05) is 26.8 Å². The predicted molar refractivity (Wildman–Crippen MR) is 126 cm³/mol. The summed E-state index contributed by atoms with van der Waals surface area (Å²) in [4.78, 5) is 39.5. The van der Waals surface area contributed by atoms with E-state index in [-0.39, 0.29) is 17.9 Å². The van der Waals surface area contributed by atoms with Crippen molar-refractivity contribution in [1.82, 2.24) is 19.7 Å². The minimum absolute atomic E-state index is 0.104. The predicted octanol–water partition coefficient (Wildman–Crippen LogP) is 2.48. The molecule has 0 spiro atoms. The summed E-state index contributed by atoms with van der Waals surface area (Å²) in [6.45, 7) is 13.3. The highest BCUT2D eigenvalue weighted by Gasteiger charge is 2.41. The quantitative estimate of drug-likeness (QED) is 0.719. The van der Waals surface area contributed by atoms with Crippen molar-refractivity contribution in [3.8, 4) is 0 Å². The maximum Gasteiger partial charge on any atom is 0.245 e. The van der Waals surface area contributed by atoms with Crippen molar-refractivity contribution >= 4 is 17.6 Å². The molecule has 3 aliphatic heterocycles. The van der Waals surface area contributed by atoms with Crippen LogP contribution in [0.2, 0.25) is 0 Å². The number of rotatable bonds is 4. The lowest BCUT2D eigenvalue weighted by atomic mass is 9.93. The molecule has 0 saturated carbocycles. The SMILES string of the molecule is CC(C)(C)C(=O)N1CCCC1C(=O)N1CCCC(CN2CCN(c3ccccn3)CC2)C1. The standard InChI is InChI=1S/C25H39N5O2/c1-25(2,3)24(32)30-13-7-9-21(30)23(31)29-12-6-8-20(19-29)18-27-14-16-28(17-15-27)22-10-4-5-11-26-22/h4-5,10-11,20-21H,6-9,12-19H2,1-3H3. The number of piperazine rings is 1. The van der Waals surface area contributed by atoms with Crippen LogP contribution in [0.15, 0.2) is 24.4 Å². The fourth-order valence-electron chi connectivity index (χ4n) is 5.39. The second-order valence-corrected chi connectivity index (χ2v) is 10.7. The van der Waals surface area contributed by atoms with Gasteiger partial charge in [-0.25, -0.2) is 4.98 Å². The topological polar surface area (TPSA) is 60.0 Å². The van der Waals surface area contributed by atoms with Crippen molar-refractivity contribution in [3.63, 3.8) is 0 Å². The van der Waals surface area contributed by atoms with E-state index in [0.717, 1.165) is 70.9 Å². The number of carbonyl (C=O) groups excluding carboxylic acids is 2. The molecule has 2 amide bonds. The van der Waals surface area contributed by atoms with E-state index in [1.807, 2.05) is 44.0 Å². The number of aromatic nitrogens is 1. The smallest absolute Gasteiger partial charge is 0.245 e. The normalized spacial score (nSPS) is 25.3. The fourth-order valence-corrected chi connectivity index (χ4v) is 5.39. The number of amides is 2. The van der Waals surface area contributed by atoms with Crippen LogP contribution in [0.4, 0.5) is 5.82 Å². The summed E-state index contributed by atoms with van der Waals surface area (Å²) in [5.74, 6) is 1.85. The van der Waals surface area contributed by atoms with Gasteiger partial charge in [0.1, 0.15) is 11.9 Å². The summed E-state index contributed by atoms with van der Waals surface area (Å²) in [6, 6.07) is 5.82. The molecule has 3 aliphatic rings. The average Bonchev–Trinajstić information content (AvgIpc) is 3.28. The van der Waals surface area contributed by atoms with Gasteiger partial charge in [-0.3, -0.25) is 14.5 Å². The minimum Gasteiger partial charge on any atom is -0.354 e. The van der Waals surface area contributed by atoms with E-state index >= 15 is 0 Å². The number of likely N-dealkylation sites (tertiary alicyclic amines) is 2. The molecular formula is C25H39N5O2. The Kier molecular flexibility index (Phi) is 7.03. The van der Waals surface area contributed by atoms with E-state index in [2.05, 4.69) is 25.8 Å². The number of carbonyl (C=O) groups is 2. The zero-order valence-electron chi connectivity index (χ0n) is 20.0. The van der Waals surface area contributed by atoms with Crippen LogP contribution in [0.5, 0.6) is 0 Å². The van der Waals surface area contributed by atoms with Crippen LogP contribution < -0.4 is 4.90 Å². The van der Waals surface area contributed by atoms with E-state index in [4.69, 9.17) is 0 Å². The number of pyridine rings is 1. The van der Waals surface area contributed by atoms with Gasteiger partial charge in [0.15, 0.2) is 0 Å². The van der Waals surface area contributed by atoms with E-state index in [1.165, 1.54) is 6.42 Å². The summed E-state index contributed by atoms with van der Waals surface area (Å²) in [5, 5.41) is 0. The zero-order chi connectivity index (χ0) is 22.7. The molecule has 0 bridgehead atoms. The van der Waals surface area contributed by atoms with Crippen molar-refractivity contribution in [1.29, 1.82) is 0 Å². The van der Waals surface area contributed by atoms with E-state index in [1.54, 1.807) is 0 Å². The molecule has 0 aromatic carbocycles. The van der Waals surface area contributed by atoms with Crippen LogP contribution in [0.3, 0.4) is 0 Å².